The van der Waals surface area contributed by atoms with Gasteiger partial charge in [-0.2, -0.15) is 0 Å². The number of hydrogen-bond acceptors (Lipinski definition) is 3. The second-order valence-corrected chi connectivity index (χ2v) is 7.78. The molecule has 3 heterocycles. The zero-order chi connectivity index (χ0) is 18.5. The topological polar surface area (TPSA) is 67.2 Å². The molecule has 2 amide bonds. The summed E-state index contributed by atoms with van der Waals surface area (Å²) in [6.07, 6.45) is 8.23. The van der Waals surface area contributed by atoms with E-state index in [2.05, 4.69) is 24.1 Å². The van der Waals surface area contributed by atoms with Crippen LogP contribution in [0.25, 0.3) is 0 Å². The summed E-state index contributed by atoms with van der Waals surface area (Å²) < 4.78 is 2.00. The Hall–Kier alpha value is -1.85. The van der Waals surface area contributed by atoms with E-state index in [-0.39, 0.29) is 11.8 Å². The minimum atomic E-state index is -0.127. The van der Waals surface area contributed by atoms with Crippen LogP contribution < -0.4 is 5.32 Å². The first-order chi connectivity index (χ1) is 12.6. The van der Waals surface area contributed by atoms with Crippen LogP contribution in [0.4, 0.5) is 0 Å². The Morgan fingerprint density at radius 3 is 2.65 bits per heavy atom. The van der Waals surface area contributed by atoms with Crippen LogP contribution >= 0.6 is 0 Å². The van der Waals surface area contributed by atoms with Gasteiger partial charge >= 0.3 is 0 Å². The minimum Gasteiger partial charge on any atom is -0.351 e. The number of imidazole rings is 1. The van der Waals surface area contributed by atoms with Crippen molar-refractivity contribution in [3.63, 3.8) is 0 Å². The summed E-state index contributed by atoms with van der Waals surface area (Å²) in [5.41, 5.74) is 1.41. The molecule has 0 atom stereocenters. The number of carbonyl (C=O) groups is 2. The summed E-state index contributed by atoms with van der Waals surface area (Å²) in [5, 5.41) is 2.98. The highest BCUT2D eigenvalue weighted by Gasteiger charge is 2.30. The van der Waals surface area contributed by atoms with Gasteiger partial charge in [0.05, 0.1) is 5.69 Å². The largest absolute Gasteiger partial charge is 0.351 e. The standard InChI is InChI=1S/C20H32N4O2/c1-3-4-6-11-21-19(25)17-16-8-5-7-12-24(16)18(22-17)20(26)23-13-9-15(2)10-14-23/h15H,3-14H2,1-2H3,(H,21,25). The van der Waals surface area contributed by atoms with Crippen molar-refractivity contribution in [1.29, 1.82) is 0 Å². The van der Waals surface area contributed by atoms with Gasteiger partial charge in [0, 0.05) is 26.2 Å². The lowest BCUT2D eigenvalue weighted by Crippen LogP contribution is -2.39. The number of unbranched alkanes of at least 4 members (excludes halogenated alkanes) is 2. The molecule has 6 heteroatoms. The lowest BCUT2D eigenvalue weighted by atomic mass is 9.99. The molecular formula is C20H32N4O2. The Bertz CT molecular complexity index is 644. The van der Waals surface area contributed by atoms with Gasteiger partial charge in [-0.15, -0.1) is 0 Å². The van der Waals surface area contributed by atoms with Crippen LogP contribution in [0.3, 0.4) is 0 Å². The third-order valence-electron chi connectivity index (χ3n) is 5.66. The van der Waals surface area contributed by atoms with Crippen molar-refractivity contribution < 1.29 is 9.59 Å². The molecule has 1 aromatic rings. The fourth-order valence-electron chi connectivity index (χ4n) is 3.90. The minimum absolute atomic E-state index is 0.00918. The highest BCUT2D eigenvalue weighted by molar-refractivity contribution is 5.97. The number of amides is 2. The average molecular weight is 361 g/mol. The number of piperidine rings is 1. The van der Waals surface area contributed by atoms with Gasteiger partial charge in [-0.3, -0.25) is 9.59 Å². The van der Waals surface area contributed by atoms with Crippen LogP contribution in [-0.2, 0) is 13.0 Å². The van der Waals surface area contributed by atoms with Gasteiger partial charge in [-0.25, -0.2) is 4.98 Å². The van der Waals surface area contributed by atoms with Crippen molar-refractivity contribution in [2.75, 3.05) is 19.6 Å². The summed E-state index contributed by atoms with van der Waals surface area (Å²) in [6.45, 7) is 7.43. The Balaban J connectivity index is 1.77. The van der Waals surface area contributed by atoms with Crippen LogP contribution in [0.15, 0.2) is 0 Å². The predicted molar refractivity (Wildman–Crippen MR) is 101 cm³/mol. The maximum atomic E-state index is 13.0. The highest BCUT2D eigenvalue weighted by Crippen LogP contribution is 2.24. The third kappa shape index (κ3) is 4.10. The molecule has 1 fully saturated rings. The Morgan fingerprint density at radius 1 is 1.15 bits per heavy atom. The predicted octanol–water partition coefficient (Wildman–Crippen LogP) is 3.01. The SMILES string of the molecule is CCCCCNC(=O)c1nc(C(=O)N2CCC(C)CC2)n2c1CCCC2. The van der Waals surface area contributed by atoms with Crippen molar-refractivity contribution in [3.8, 4) is 0 Å². The molecule has 6 nitrogen and oxygen atoms in total. The maximum absolute atomic E-state index is 13.0. The molecule has 2 aliphatic heterocycles. The van der Waals surface area contributed by atoms with Gasteiger partial charge in [-0.1, -0.05) is 26.7 Å². The smallest absolute Gasteiger partial charge is 0.289 e. The molecule has 1 N–H and O–H groups in total. The van der Waals surface area contributed by atoms with Crippen molar-refractivity contribution in [2.24, 2.45) is 5.92 Å². The van der Waals surface area contributed by atoms with Gasteiger partial charge < -0.3 is 14.8 Å². The molecule has 3 rings (SSSR count). The molecule has 144 valence electrons. The number of carbonyl (C=O) groups excluding carboxylic acids is 2. The first-order valence-electron chi connectivity index (χ1n) is 10.3. The summed E-state index contributed by atoms with van der Waals surface area (Å²) >= 11 is 0. The van der Waals surface area contributed by atoms with E-state index >= 15 is 0 Å². The third-order valence-corrected chi connectivity index (χ3v) is 5.66. The number of hydrogen-bond donors (Lipinski definition) is 1. The van der Waals surface area contributed by atoms with Crippen LogP contribution in [0.2, 0.25) is 0 Å². The molecule has 0 radical (unpaired) electrons. The molecule has 1 saturated heterocycles. The zero-order valence-corrected chi connectivity index (χ0v) is 16.2. The molecular weight excluding hydrogens is 328 g/mol. The van der Waals surface area contributed by atoms with Gasteiger partial charge in [0.25, 0.3) is 11.8 Å². The van der Waals surface area contributed by atoms with Crippen LogP contribution in [0.5, 0.6) is 0 Å². The number of nitrogens with zero attached hydrogens (tertiary/aromatic N) is 3. The van der Waals surface area contributed by atoms with Crippen molar-refractivity contribution in [3.05, 3.63) is 17.2 Å². The molecule has 0 spiro atoms. The molecule has 0 aliphatic carbocycles. The number of fused-ring (bicyclic) bond motifs is 1. The molecule has 26 heavy (non-hydrogen) atoms. The number of aromatic nitrogens is 2. The Labute approximate surface area is 156 Å². The second kappa shape index (κ2) is 8.69. The molecule has 2 aliphatic rings. The Kier molecular flexibility index (Phi) is 6.33. The van der Waals surface area contributed by atoms with Crippen LogP contribution in [0, 0.1) is 5.92 Å². The lowest BCUT2D eigenvalue weighted by molar-refractivity contribution is 0.0678. The summed E-state index contributed by atoms with van der Waals surface area (Å²) in [4.78, 5) is 32.1. The maximum Gasteiger partial charge on any atom is 0.289 e. The van der Waals surface area contributed by atoms with E-state index in [1.165, 1.54) is 0 Å². The van der Waals surface area contributed by atoms with E-state index in [4.69, 9.17) is 0 Å². The van der Waals surface area contributed by atoms with E-state index < -0.39 is 0 Å². The van der Waals surface area contributed by atoms with Gasteiger partial charge in [0.1, 0.15) is 5.69 Å². The van der Waals surface area contributed by atoms with E-state index in [1.807, 2.05) is 9.47 Å². The summed E-state index contributed by atoms with van der Waals surface area (Å²) in [5.74, 6) is 1.01. The van der Waals surface area contributed by atoms with Crippen LogP contribution in [0.1, 0.15) is 85.6 Å². The molecule has 0 bridgehead atoms. The van der Waals surface area contributed by atoms with Gasteiger partial charge in [0.15, 0.2) is 5.82 Å². The fraction of sp³-hybridized carbons (Fsp3) is 0.750. The van der Waals surface area contributed by atoms with E-state index in [1.54, 1.807) is 0 Å². The number of rotatable bonds is 6. The number of likely N-dealkylation sites (tertiary alicyclic amines) is 1. The second-order valence-electron chi connectivity index (χ2n) is 7.78. The fourth-order valence-corrected chi connectivity index (χ4v) is 3.90. The quantitative estimate of drug-likeness (QED) is 0.793. The van der Waals surface area contributed by atoms with Crippen molar-refractivity contribution in [2.45, 2.75) is 71.8 Å². The van der Waals surface area contributed by atoms with Gasteiger partial charge in [-0.05, 0) is 44.4 Å². The highest BCUT2D eigenvalue weighted by atomic mass is 16.2. The zero-order valence-electron chi connectivity index (χ0n) is 16.2. The first kappa shape index (κ1) is 18.9. The lowest BCUT2D eigenvalue weighted by Gasteiger charge is -2.30. The molecule has 0 unspecified atom stereocenters. The van der Waals surface area contributed by atoms with Crippen molar-refractivity contribution >= 4 is 11.8 Å². The summed E-state index contributed by atoms with van der Waals surface area (Å²) in [7, 11) is 0. The first-order valence-corrected chi connectivity index (χ1v) is 10.3. The summed E-state index contributed by atoms with van der Waals surface area (Å²) in [6, 6.07) is 0. The van der Waals surface area contributed by atoms with Crippen LogP contribution in [-0.4, -0.2) is 45.9 Å². The normalized spacial score (nSPS) is 17.8. The Morgan fingerprint density at radius 2 is 1.92 bits per heavy atom. The number of nitrogens with one attached hydrogen (secondary N) is 1. The van der Waals surface area contributed by atoms with E-state index in [0.717, 1.165) is 76.7 Å². The monoisotopic (exact) mass is 360 g/mol. The molecule has 0 saturated carbocycles. The molecule has 1 aromatic heterocycles. The molecule has 0 aromatic carbocycles. The van der Waals surface area contributed by atoms with E-state index in [0.29, 0.717) is 24.0 Å². The average Bonchev–Trinajstić information content (AvgIpc) is 3.05. The van der Waals surface area contributed by atoms with E-state index in [9.17, 15) is 9.59 Å². The van der Waals surface area contributed by atoms with Gasteiger partial charge in [0.2, 0.25) is 0 Å². The van der Waals surface area contributed by atoms with Crippen molar-refractivity contribution in [1.82, 2.24) is 19.8 Å².